The van der Waals surface area contributed by atoms with Crippen LogP contribution in [0.4, 0.5) is 0 Å². The zero-order valence-corrected chi connectivity index (χ0v) is 6.40. The summed E-state index contributed by atoms with van der Waals surface area (Å²) in [6.07, 6.45) is 7.79. The predicted molar refractivity (Wildman–Crippen MR) is 46.2 cm³/mol. The highest BCUT2D eigenvalue weighted by Crippen LogP contribution is 2.25. The molecule has 60 valence electrons. The van der Waals surface area contributed by atoms with Crippen molar-refractivity contribution in [1.29, 1.82) is 0 Å². The van der Waals surface area contributed by atoms with Gasteiger partial charge in [-0.05, 0) is 24.3 Å². The molecule has 0 amide bonds. The molecule has 0 aliphatic carbocycles. The number of carbonyl (C=O) groups is 1. The number of rotatable bonds is 2. The van der Waals surface area contributed by atoms with Gasteiger partial charge in [-0.1, -0.05) is 0 Å². The van der Waals surface area contributed by atoms with E-state index in [1.807, 2.05) is 12.1 Å². The first-order valence-corrected chi connectivity index (χ1v) is 3.71. The number of hydrogen-bond acceptors (Lipinski definition) is 2. The van der Waals surface area contributed by atoms with E-state index in [1.54, 1.807) is 24.6 Å². The van der Waals surface area contributed by atoms with Crippen molar-refractivity contribution >= 4 is 12.5 Å². The molecule has 0 saturated heterocycles. The van der Waals surface area contributed by atoms with Crippen molar-refractivity contribution in [3.63, 3.8) is 0 Å². The van der Waals surface area contributed by atoms with Gasteiger partial charge in [0.1, 0.15) is 0 Å². The Kier molecular flexibility index (Phi) is 1.43. The lowest BCUT2D eigenvalue weighted by Gasteiger charge is -2.14. The first-order valence-electron chi connectivity index (χ1n) is 3.71. The molecule has 12 heavy (non-hydrogen) atoms. The molecule has 2 rings (SSSR count). The quantitative estimate of drug-likeness (QED) is 0.646. The van der Waals surface area contributed by atoms with E-state index in [0.717, 1.165) is 12.0 Å². The van der Waals surface area contributed by atoms with E-state index >= 15 is 0 Å². The van der Waals surface area contributed by atoms with Crippen LogP contribution in [-0.2, 0) is 10.3 Å². The molecule has 0 fully saturated rings. The summed E-state index contributed by atoms with van der Waals surface area (Å²) in [6.45, 7) is 0. The van der Waals surface area contributed by atoms with Crippen LogP contribution in [0.2, 0.25) is 0 Å². The second-order valence-electron chi connectivity index (χ2n) is 2.66. The number of hydrogen-bond donors (Lipinski definition) is 1. The van der Waals surface area contributed by atoms with Crippen LogP contribution in [0.5, 0.6) is 0 Å². The molecule has 0 saturated carbocycles. The third-order valence-electron chi connectivity index (χ3n) is 1.93. The highest BCUT2D eigenvalue weighted by atomic mass is 16.1. The van der Waals surface area contributed by atoms with Crippen molar-refractivity contribution in [2.45, 2.75) is 5.54 Å². The van der Waals surface area contributed by atoms with Gasteiger partial charge in [0, 0.05) is 12.4 Å². The van der Waals surface area contributed by atoms with Crippen LogP contribution in [0, 0.1) is 0 Å². The van der Waals surface area contributed by atoms with Gasteiger partial charge in [0.05, 0.1) is 5.69 Å². The summed E-state index contributed by atoms with van der Waals surface area (Å²) in [5, 5.41) is 0. The summed E-state index contributed by atoms with van der Waals surface area (Å²) in [7, 11) is 0. The molecule has 2 heterocycles. The van der Waals surface area contributed by atoms with Crippen LogP contribution < -0.4 is 0 Å². The minimum absolute atomic E-state index is 0.788. The van der Waals surface area contributed by atoms with Gasteiger partial charge in [0.25, 0.3) is 0 Å². The zero-order chi connectivity index (χ0) is 8.44. The van der Waals surface area contributed by atoms with Gasteiger partial charge >= 0.3 is 0 Å². The van der Waals surface area contributed by atoms with E-state index < -0.39 is 5.54 Å². The molecular formula is C9H8N2O. The zero-order valence-electron chi connectivity index (χ0n) is 6.40. The highest BCUT2D eigenvalue weighted by Gasteiger charge is 2.30. The third kappa shape index (κ3) is 0.830. The van der Waals surface area contributed by atoms with E-state index in [1.165, 1.54) is 0 Å². The van der Waals surface area contributed by atoms with Crippen molar-refractivity contribution in [2.75, 3.05) is 0 Å². The summed E-state index contributed by atoms with van der Waals surface area (Å²) in [5.74, 6) is 0. The summed E-state index contributed by atoms with van der Waals surface area (Å²) in [4.78, 5) is 17.9. The van der Waals surface area contributed by atoms with Gasteiger partial charge in [0.2, 0.25) is 0 Å². The average molecular weight is 160 g/mol. The lowest BCUT2D eigenvalue weighted by atomic mass is 9.99. The molecule has 1 aromatic heterocycles. The third-order valence-corrected chi connectivity index (χ3v) is 1.93. The smallest absolute Gasteiger partial charge is 0.174 e. The Morgan fingerprint density at radius 3 is 3.00 bits per heavy atom. The van der Waals surface area contributed by atoms with Crippen molar-refractivity contribution < 1.29 is 4.79 Å². The number of aldehydes is 1. The Balaban J connectivity index is 2.49. The number of nitrogens with one attached hydrogen (secondary N) is 1. The number of H-pyrrole nitrogens is 1. The Morgan fingerprint density at radius 2 is 2.50 bits per heavy atom. The Labute approximate surface area is 69.8 Å². The maximum atomic E-state index is 10.8. The Hall–Kier alpha value is -1.64. The number of allylic oxidation sites excluding steroid dienone is 1. The first kappa shape index (κ1) is 7.03. The van der Waals surface area contributed by atoms with Gasteiger partial charge in [0.15, 0.2) is 11.8 Å². The summed E-state index contributed by atoms with van der Waals surface area (Å²) in [5.41, 5.74) is 0.0197. The topological polar surface area (TPSA) is 45.2 Å². The molecule has 1 aliphatic heterocycles. The normalized spacial score (nSPS) is 26.3. The Bertz CT molecular complexity index is 323. The number of aromatic nitrogens is 1. The van der Waals surface area contributed by atoms with Gasteiger partial charge in [-0.3, -0.25) is 9.79 Å². The maximum Gasteiger partial charge on any atom is 0.174 e. The van der Waals surface area contributed by atoms with Crippen LogP contribution in [0.3, 0.4) is 0 Å². The summed E-state index contributed by atoms with van der Waals surface area (Å²) < 4.78 is 0. The van der Waals surface area contributed by atoms with Crippen molar-refractivity contribution in [2.24, 2.45) is 4.99 Å². The molecule has 1 aromatic rings. The largest absolute Gasteiger partial charge is 0.362 e. The fourth-order valence-electron chi connectivity index (χ4n) is 1.27. The SMILES string of the molecule is O=CC1(c2ccc[nH]2)C=CC=N1. The van der Waals surface area contributed by atoms with Crippen LogP contribution >= 0.6 is 0 Å². The molecule has 1 atom stereocenters. The van der Waals surface area contributed by atoms with Crippen LogP contribution in [-0.4, -0.2) is 17.5 Å². The monoisotopic (exact) mass is 160 g/mol. The Morgan fingerprint density at radius 1 is 1.58 bits per heavy atom. The molecule has 0 spiro atoms. The number of aromatic amines is 1. The van der Waals surface area contributed by atoms with E-state index in [4.69, 9.17) is 0 Å². The van der Waals surface area contributed by atoms with Gasteiger partial charge in [-0.2, -0.15) is 0 Å². The second kappa shape index (κ2) is 2.44. The molecule has 1 N–H and O–H groups in total. The number of nitrogens with zero attached hydrogens (tertiary/aromatic N) is 1. The average Bonchev–Trinajstić information content (AvgIpc) is 2.76. The molecule has 1 aliphatic rings. The van der Waals surface area contributed by atoms with E-state index in [-0.39, 0.29) is 0 Å². The minimum atomic E-state index is -0.788. The van der Waals surface area contributed by atoms with Gasteiger partial charge < -0.3 is 4.98 Å². The lowest BCUT2D eigenvalue weighted by Crippen LogP contribution is -2.20. The first-order chi connectivity index (χ1) is 5.87. The molecule has 3 heteroatoms. The number of carbonyl (C=O) groups excluding carboxylic acids is 1. The molecular weight excluding hydrogens is 152 g/mol. The molecule has 1 unspecified atom stereocenters. The predicted octanol–water partition coefficient (Wildman–Crippen LogP) is 1.05. The molecule has 3 nitrogen and oxygen atoms in total. The minimum Gasteiger partial charge on any atom is -0.362 e. The summed E-state index contributed by atoms with van der Waals surface area (Å²) in [6, 6.07) is 3.70. The van der Waals surface area contributed by atoms with Gasteiger partial charge in [-0.15, -0.1) is 0 Å². The van der Waals surface area contributed by atoms with Crippen LogP contribution in [0.1, 0.15) is 5.69 Å². The highest BCUT2D eigenvalue weighted by molar-refractivity contribution is 5.84. The molecule has 0 bridgehead atoms. The van der Waals surface area contributed by atoms with Crippen molar-refractivity contribution in [3.8, 4) is 0 Å². The van der Waals surface area contributed by atoms with E-state index in [9.17, 15) is 4.79 Å². The van der Waals surface area contributed by atoms with E-state index in [0.29, 0.717) is 0 Å². The molecule has 0 radical (unpaired) electrons. The fraction of sp³-hybridized carbons (Fsp3) is 0.111. The van der Waals surface area contributed by atoms with E-state index in [2.05, 4.69) is 9.98 Å². The van der Waals surface area contributed by atoms with Crippen LogP contribution in [0.25, 0.3) is 0 Å². The molecule has 0 aromatic carbocycles. The number of aliphatic imine (C=N–C) groups is 1. The second-order valence-corrected chi connectivity index (χ2v) is 2.66. The lowest BCUT2D eigenvalue weighted by molar-refractivity contribution is -0.111. The van der Waals surface area contributed by atoms with Crippen molar-refractivity contribution in [1.82, 2.24) is 4.98 Å². The van der Waals surface area contributed by atoms with Crippen LogP contribution in [0.15, 0.2) is 35.5 Å². The fourth-order valence-corrected chi connectivity index (χ4v) is 1.27. The van der Waals surface area contributed by atoms with Crippen molar-refractivity contribution in [3.05, 3.63) is 36.2 Å². The van der Waals surface area contributed by atoms with Gasteiger partial charge in [-0.25, -0.2) is 0 Å². The summed E-state index contributed by atoms with van der Waals surface area (Å²) >= 11 is 0. The maximum absolute atomic E-state index is 10.8. The standard InChI is InChI=1S/C9H8N2O/c12-7-9(4-2-6-11-9)8-3-1-5-10-8/h1-7,10H.